The first-order valence-corrected chi connectivity index (χ1v) is 4.51. The molecule has 0 aliphatic carbocycles. The van der Waals surface area contributed by atoms with Crippen LogP contribution in [0.1, 0.15) is 26.7 Å². The summed E-state index contributed by atoms with van der Waals surface area (Å²) in [6.45, 7) is 7.81. The van der Waals surface area contributed by atoms with E-state index in [1.807, 2.05) is 6.92 Å². The number of rotatable bonds is 1. The van der Waals surface area contributed by atoms with Gasteiger partial charge in [-0.25, -0.2) is 0 Å². The molecule has 0 bridgehead atoms. The lowest BCUT2D eigenvalue weighted by molar-refractivity contribution is 0.210. The molecule has 0 amide bonds. The molecule has 62 valence electrons. The van der Waals surface area contributed by atoms with E-state index >= 15 is 0 Å². The molecular weight excluding hydrogens is 134 g/mol. The van der Waals surface area contributed by atoms with Crippen molar-refractivity contribution in [3.8, 4) is 11.8 Å². The molecular formula is C10H17N. The summed E-state index contributed by atoms with van der Waals surface area (Å²) in [5.74, 6) is 6.91. The smallest absolute Gasteiger partial charge is 0.0330 e. The van der Waals surface area contributed by atoms with Crippen LogP contribution >= 0.6 is 0 Å². The van der Waals surface area contributed by atoms with Crippen LogP contribution in [0.4, 0.5) is 0 Å². The Hall–Kier alpha value is -0.480. The SMILES string of the molecule is CC#CC1CCCN(CC)C1. The average Bonchev–Trinajstić information content (AvgIpc) is 2.06. The molecule has 0 N–H and O–H groups in total. The lowest BCUT2D eigenvalue weighted by Gasteiger charge is -2.28. The van der Waals surface area contributed by atoms with Gasteiger partial charge in [0.1, 0.15) is 0 Å². The van der Waals surface area contributed by atoms with Crippen LogP contribution in [0, 0.1) is 17.8 Å². The first kappa shape index (κ1) is 8.62. The molecule has 1 atom stereocenters. The highest BCUT2D eigenvalue weighted by Gasteiger charge is 2.15. The largest absolute Gasteiger partial charge is 0.302 e. The highest BCUT2D eigenvalue weighted by molar-refractivity contribution is 5.02. The van der Waals surface area contributed by atoms with Gasteiger partial charge in [0.15, 0.2) is 0 Å². The maximum absolute atomic E-state index is 3.26. The molecule has 11 heavy (non-hydrogen) atoms. The van der Waals surface area contributed by atoms with Gasteiger partial charge in [0, 0.05) is 12.5 Å². The molecule has 1 unspecified atom stereocenters. The number of likely N-dealkylation sites (tertiary alicyclic amines) is 1. The van der Waals surface area contributed by atoms with E-state index in [-0.39, 0.29) is 0 Å². The van der Waals surface area contributed by atoms with E-state index in [0.29, 0.717) is 5.92 Å². The number of hydrogen-bond acceptors (Lipinski definition) is 1. The second kappa shape index (κ2) is 4.41. The van der Waals surface area contributed by atoms with Gasteiger partial charge in [0.25, 0.3) is 0 Å². The Kier molecular flexibility index (Phi) is 3.45. The quantitative estimate of drug-likeness (QED) is 0.516. The van der Waals surface area contributed by atoms with Gasteiger partial charge in [-0.3, -0.25) is 0 Å². The Labute approximate surface area is 69.8 Å². The van der Waals surface area contributed by atoms with Crippen molar-refractivity contribution in [3.63, 3.8) is 0 Å². The first-order chi connectivity index (χ1) is 5.36. The van der Waals surface area contributed by atoms with E-state index in [9.17, 15) is 0 Å². The van der Waals surface area contributed by atoms with Crippen LogP contribution < -0.4 is 0 Å². The third-order valence-corrected chi connectivity index (χ3v) is 2.30. The Morgan fingerprint density at radius 3 is 3.00 bits per heavy atom. The van der Waals surface area contributed by atoms with Crippen molar-refractivity contribution >= 4 is 0 Å². The van der Waals surface area contributed by atoms with E-state index in [4.69, 9.17) is 0 Å². The molecule has 1 aliphatic rings. The molecule has 0 aromatic heterocycles. The minimum absolute atomic E-state index is 0.647. The molecule has 1 nitrogen and oxygen atoms in total. The van der Waals surface area contributed by atoms with Gasteiger partial charge in [-0.2, -0.15) is 0 Å². The van der Waals surface area contributed by atoms with Gasteiger partial charge in [-0.15, -0.1) is 5.92 Å². The summed E-state index contributed by atoms with van der Waals surface area (Å²) in [6, 6.07) is 0. The summed E-state index contributed by atoms with van der Waals surface area (Å²) < 4.78 is 0. The summed E-state index contributed by atoms with van der Waals surface area (Å²) in [5.41, 5.74) is 0. The van der Waals surface area contributed by atoms with Crippen LogP contribution in [0.25, 0.3) is 0 Å². The molecule has 0 spiro atoms. The average molecular weight is 151 g/mol. The monoisotopic (exact) mass is 151 g/mol. The van der Waals surface area contributed by atoms with E-state index in [0.717, 1.165) is 0 Å². The summed E-state index contributed by atoms with van der Waals surface area (Å²) >= 11 is 0. The molecule has 0 saturated carbocycles. The Morgan fingerprint density at radius 2 is 2.36 bits per heavy atom. The van der Waals surface area contributed by atoms with Crippen molar-refractivity contribution in [2.24, 2.45) is 5.92 Å². The van der Waals surface area contributed by atoms with Crippen LogP contribution in [-0.4, -0.2) is 24.5 Å². The van der Waals surface area contributed by atoms with Gasteiger partial charge in [-0.05, 0) is 32.9 Å². The Balaban J connectivity index is 2.37. The molecule has 1 heterocycles. The third kappa shape index (κ3) is 2.55. The molecule has 1 aliphatic heterocycles. The van der Waals surface area contributed by atoms with Crippen LogP contribution in [0.15, 0.2) is 0 Å². The Morgan fingerprint density at radius 1 is 1.55 bits per heavy atom. The van der Waals surface area contributed by atoms with Crippen molar-refractivity contribution in [3.05, 3.63) is 0 Å². The fraction of sp³-hybridized carbons (Fsp3) is 0.800. The fourth-order valence-electron chi connectivity index (χ4n) is 1.66. The molecule has 0 aromatic rings. The predicted molar refractivity (Wildman–Crippen MR) is 48.3 cm³/mol. The van der Waals surface area contributed by atoms with Crippen molar-refractivity contribution < 1.29 is 0 Å². The number of piperidine rings is 1. The van der Waals surface area contributed by atoms with Gasteiger partial charge >= 0.3 is 0 Å². The first-order valence-electron chi connectivity index (χ1n) is 4.51. The second-order valence-electron chi connectivity index (χ2n) is 3.13. The topological polar surface area (TPSA) is 3.24 Å². The molecule has 1 rings (SSSR count). The highest BCUT2D eigenvalue weighted by atomic mass is 15.1. The molecule has 0 radical (unpaired) electrons. The van der Waals surface area contributed by atoms with Gasteiger partial charge in [-0.1, -0.05) is 12.8 Å². The minimum Gasteiger partial charge on any atom is -0.302 e. The van der Waals surface area contributed by atoms with Crippen LogP contribution in [0.3, 0.4) is 0 Å². The number of nitrogens with zero attached hydrogens (tertiary/aromatic N) is 1. The van der Waals surface area contributed by atoms with Crippen LogP contribution in [0.5, 0.6) is 0 Å². The molecule has 0 aromatic carbocycles. The summed E-state index contributed by atoms with van der Waals surface area (Å²) in [4.78, 5) is 2.48. The summed E-state index contributed by atoms with van der Waals surface area (Å²) in [7, 11) is 0. The van der Waals surface area contributed by atoms with Crippen molar-refractivity contribution in [2.45, 2.75) is 26.7 Å². The molecule has 1 saturated heterocycles. The van der Waals surface area contributed by atoms with Crippen LogP contribution in [0.2, 0.25) is 0 Å². The summed E-state index contributed by atoms with van der Waals surface area (Å²) in [5, 5.41) is 0. The van der Waals surface area contributed by atoms with E-state index in [1.165, 1.54) is 32.5 Å². The van der Waals surface area contributed by atoms with Crippen molar-refractivity contribution in [1.29, 1.82) is 0 Å². The van der Waals surface area contributed by atoms with E-state index in [2.05, 4.69) is 23.7 Å². The standard InChI is InChI=1S/C10H17N/c1-3-6-10-7-5-8-11(4-2)9-10/h10H,4-5,7-9H2,1-2H3. The summed E-state index contributed by atoms with van der Waals surface area (Å²) in [6.07, 6.45) is 2.63. The molecule has 1 heteroatoms. The van der Waals surface area contributed by atoms with Crippen molar-refractivity contribution in [1.82, 2.24) is 4.90 Å². The highest BCUT2D eigenvalue weighted by Crippen LogP contribution is 2.14. The minimum atomic E-state index is 0.647. The zero-order chi connectivity index (χ0) is 8.10. The number of hydrogen-bond donors (Lipinski definition) is 0. The lowest BCUT2D eigenvalue weighted by Crippen LogP contribution is -2.34. The molecule has 1 fully saturated rings. The van der Waals surface area contributed by atoms with Gasteiger partial charge < -0.3 is 4.90 Å². The maximum atomic E-state index is 3.26. The van der Waals surface area contributed by atoms with Gasteiger partial charge in [0.2, 0.25) is 0 Å². The van der Waals surface area contributed by atoms with Gasteiger partial charge in [0.05, 0.1) is 0 Å². The van der Waals surface area contributed by atoms with Crippen molar-refractivity contribution in [2.75, 3.05) is 19.6 Å². The predicted octanol–water partition coefficient (Wildman–Crippen LogP) is 1.74. The Bertz CT molecular complexity index is 163. The zero-order valence-corrected chi connectivity index (χ0v) is 7.56. The van der Waals surface area contributed by atoms with Crippen LogP contribution in [-0.2, 0) is 0 Å². The fourth-order valence-corrected chi connectivity index (χ4v) is 1.66. The second-order valence-corrected chi connectivity index (χ2v) is 3.13. The van der Waals surface area contributed by atoms with E-state index in [1.54, 1.807) is 0 Å². The maximum Gasteiger partial charge on any atom is 0.0330 e. The van der Waals surface area contributed by atoms with E-state index < -0.39 is 0 Å². The third-order valence-electron chi connectivity index (χ3n) is 2.30. The lowest BCUT2D eigenvalue weighted by atomic mass is 9.99. The normalized spacial score (nSPS) is 25.8. The zero-order valence-electron chi connectivity index (χ0n) is 7.56.